The van der Waals surface area contributed by atoms with Gasteiger partial charge in [-0.25, -0.2) is 0 Å². The second kappa shape index (κ2) is 10.6. The van der Waals surface area contributed by atoms with E-state index in [1.807, 2.05) is 13.0 Å². The Bertz CT molecular complexity index is 770. The lowest BCUT2D eigenvalue weighted by Crippen LogP contribution is -2.63. The molecule has 194 valence electrons. The van der Waals surface area contributed by atoms with Crippen molar-refractivity contribution in [3.8, 4) is 0 Å². The van der Waals surface area contributed by atoms with Crippen LogP contribution in [0.25, 0.3) is 0 Å². The monoisotopic (exact) mass is 493 g/mol. The van der Waals surface area contributed by atoms with Gasteiger partial charge in [0.1, 0.15) is 11.9 Å². The molecule has 0 spiro atoms. The van der Waals surface area contributed by atoms with Crippen molar-refractivity contribution in [2.45, 2.75) is 85.9 Å². The maximum Gasteiger partial charge on any atom is 0.316 e. The van der Waals surface area contributed by atoms with Crippen molar-refractivity contribution in [1.82, 2.24) is 4.90 Å². The summed E-state index contributed by atoms with van der Waals surface area (Å²) in [5.74, 6) is 1.37. The highest BCUT2D eigenvalue weighted by Gasteiger charge is 2.68. The van der Waals surface area contributed by atoms with Crippen LogP contribution in [-0.2, 0) is 14.3 Å². The summed E-state index contributed by atoms with van der Waals surface area (Å²) in [5.41, 5.74) is -1.25. The molecule has 0 aromatic heterocycles. The zero-order valence-electron chi connectivity index (χ0n) is 22.3. The molecule has 0 aliphatic heterocycles. The van der Waals surface area contributed by atoms with Gasteiger partial charge in [-0.1, -0.05) is 47.6 Å². The van der Waals surface area contributed by atoms with E-state index >= 15 is 0 Å². The van der Waals surface area contributed by atoms with Gasteiger partial charge in [-0.15, -0.1) is 18.3 Å². The molecule has 3 aliphatic carbocycles. The Morgan fingerprint density at radius 3 is 2.56 bits per heavy atom. The fourth-order valence-electron chi connectivity index (χ4n) is 7.58. The van der Waals surface area contributed by atoms with Gasteiger partial charge in [-0.3, -0.25) is 9.59 Å². The van der Waals surface area contributed by atoms with Crippen LogP contribution >= 0.6 is 11.8 Å². The Morgan fingerprint density at radius 1 is 1.26 bits per heavy atom. The first-order valence-corrected chi connectivity index (χ1v) is 14.5. The Morgan fingerprint density at radius 2 is 1.94 bits per heavy atom. The van der Waals surface area contributed by atoms with Crippen molar-refractivity contribution in [3.05, 3.63) is 12.7 Å². The highest BCUT2D eigenvalue weighted by Crippen LogP contribution is 2.67. The maximum atomic E-state index is 13.4. The molecule has 5 nitrogen and oxygen atoms in total. The minimum atomic E-state index is -0.624. The van der Waals surface area contributed by atoms with Crippen molar-refractivity contribution in [3.63, 3.8) is 0 Å². The van der Waals surface area contributed by atoms with Crippen LogP contribution < -0.4 is 0 Å². The molecule has 6 heteroatoms. The molecule has 3 unspecified atom stereocenters. The number of carbonyl (C=O) groups is 2. The summed E-state index contributed by atoms with van der Waals surface area (Å²) >= 11 is 1.61. The second-order valence-electron chi connectivity index (χ2n) is 11.6. The summed E-state index contributed by atoms with van der Waals surface area (Å²) in [7, 11) is 0. The lowest BCUT2D eigenvalue weighted by Gasteiger charge is -2.61. The lowest BCUT2D eigenvalue weighted by molar-refractivity contribution is -0.205. The molecule has 3 saturated carbocycles. The van der Waals surface area contributed by atoms with Crippen LogP contribution in [0.5, 0.6) is 0 Å². The summed E-state index contributed by atoms with van der Waals surface area (Å²) in [6, 6.07) is 0. The highest BCUT2D eigenvalue weighted by atomic mass is 32.2. The van der Waals surface area contributed by atoms with Crippen LogP contribution in [0.15, 0.2) is 12.7 Å². The average molecular weight is 494 g/mol. The van der Waals surface area contributed by atoms with E-state index in [9.17, 15) is 14.7 Å². The minimum absolute atomic E-state index is 0.00828. The van der Waals surface area contributed by atoms with Gasteiger partial charge in [0.05, 0.1) is 11.9 Å². The first-order chi connectivity index (χ1) is 16.0. The Labute approximate surface area is 211 Å². The number of thioether (sulfide) groups is 1. The van der Waals surface area contributed by atoms with Crippen LogP contribution in [0, 0.1) is 34.0 Å². The summed E-state index contributed by atoms with van der Waals surface area (Å²) < 4.78 is 6.30. The molecule has 0 aromatic rings. The summed E-state index contributed by atoms with van der Waals surface area (Å²) in [5, 5.41) is 11.6. The predicted molar refractivity (Wildman–Crippen MR) is 140 cm³/mol. The minimum Gasteiger partial charge on any atom is -0.461 e. The van der Waals surface area contributed by atoms with E-state index in [0.717, 1.165) is 44.6 Å². The molecule has 0 heterocycles. The molecule has 3 rings (SSSR count). The number of rotatable bonds is 9. The van der Waals surface area contributed by atoms with E-state index in [1.165, 1.54) is 0 Å². The third-order valence-electron chi connectivity index (χ3n) is 10.2. The summed E-state index contributed by atoms with van der Waals surface area (Å²) in [6.07, 6.45) is 4.64. The molecular weight excluding hydrogens is 446 g/mol. The Balaban J connectivity index is 1.88. The normalized spacial score (nSPS) is 42.1. The van der Waals surface area contributed by atoms with Gasteiger partial charge in [0.25, 0.3) is 0 Å². The smallest absolute Gasteiger partial charge is 0.316 e. The van der Waals surface area contributed by atoms with Crippen molar-refractivity contribution in [1.29, 1.82) is 0 Å². The molecule has 0 aromatic carbocycles. The first-order valence-electron chi connectivity index (χ1n) is 13.3. The van der Waals surface area contributed by atoms with Crippen LogP contribution in [-0.4, -0.2) is 65.1 Å². The highest BCUT2D eigenvalue weighted by molar-refractivity contribution is 7.99. The van der Waals surface area contributed by atoms with Crippen molar-refractivity contribution >= 4 is 23.5 Å². The van der Waals surface area contributed by atoms with E-state index in [1.54, 1.807) is 11.8 Å². The fraction of sp³-hybridized carbons (Fsp3) is 0.857. The molecule has 3 fully saturated rings. The molecule has 0 amide bonds. The van der Waals surface area contributed by atoms with Gasteiger partial charge in [0, 0.05) is 35.5 Å². The van der Waals surface area contributed by atoms with Gasteiger partial charge in [0.2, 0.25) is 0 Å². The lowest BCUT2D eigenvalue weighted by atomic mass is 9.44. The third kappa shape index (κ3) is 4.64. The molecule has 3 aliphatic rings. The van der Waals surface area contributed by atoms with Gasteiger partial charge in [-0.2, -0.15) is 0 Å². The standard InChI is InChI=1S/C28H47NO4S/c1-8-26(6)17-22(33-23(31)18-34-16-15-29(9-2)10-3)27(7)19(4)11-13-28(20(5)25(26)32)14-12-21(30)24(27)28/h8,19-20,22,24-25,32H,1,9-18H2,2-7H3/t19?,20-,22+,24-,25?,26+,27+,28?/m0/s1. The van der Waals surface area contributed by atoms with Crippen LogP contribution in [0.1, 0.15) is 73.6 Å². The van der Waals surface area contributed by atoms with Crippen LogP contribution in [0.4, 0.5) is 0 Å². The van der Waals surface area contributed by atoms with E-state index in [4.69, 9.17) is 4.74 Å². The molecule has 1 N–H and O–H groups in total. The van der Waals surface area contributed by atoms with Gasteiger partial charge < -0.3 is 14.7 Å². The van der Waals surface area contributed by atoms with E-state index in [2.05, 4.69) is 46.1 Å². The predicted octanol–water partition coefficient (Wildman–Crippen LogP) is 4.97. The van der Waals surface area contributed by atoms with Gasteiger partial charge in [-0.05, 0) is 56.0 Å². The van der Waals surface area contributed by atoms with Crippen molar-refractivity contribution in [2.75, 3.05) is 31.1 Å². The number of hydrogen-bond acceptors (Lipinski definition) is 6. The number of hydrogen-bond donors (Lipinski definition) is 1. The number of ether oxygens (including phenoxy) is 1. The molecule has 0 radical (unpaired) electrons. The number of aliphatic hydroxyl groups is 1. The molecule has 2 bridgehead atoms. The number of aliphatic hydroxyl groups excluding tert-OH is 1. The number of esters is 1. The number of nitrogens with zero attached hydrogens (tertiary/aromatic N) is 1. The molecular formula is C28H47NO4S. The molecule has 0 saturated heterocycles. The largest absolute Gasteiger partial charge is 0.461 e. The zero-order chi connectivity index (χ0) is 25.3. The van der Waals surface area contributed by atoms with Gasteiger partial charge >= 0.3 is 5.97 Å². The second-order valence-corrected chi connectivity index (χ2v) is 12.7. The first kappa shape index (κ1) is 27.7. The van der Waals surface area contributed by atoms with Crippen molar-refractivity contribution < 1.29 is 19.4 Å². The fourth-order valence-corrected chi connectivity index (χ4v) is 8.35. The third-order valence-corrected chi connectivity index (χ3v) is 11.2. The maximum absolute atomic E-state index is 13.4. The van der Waals surface area contributed by atoms with Crippen LogP contribution in [0.3, 0.4) is 0 Å². The number of ketones is 1. The quantitative estimate of drug-likeness (QED) is 0.278. The van der Waals surface area contributed by atoms with Gasteiger partial charge in [0.15, 0.2) is 0 Å². The van der Waals surface area contributed by atoms with E-state index < -0.39 is 23.0 Å². The Hall–Kier alpha value is -0.850. The average Bonchev–Trinajstić information content (AvgIpc) is 3.17. The SMILES string of the molecule is C=C[C@]1(C)C[C@@H](OC(=O)CSCCN(CC)CC)[C@@]2(C)C(C)CCC3(CCC(=O)[C@H]32)[C@@H](C)C1O. The van der Waals surface area contributed by atoms with E-state index in [-0.39, 0.29) is 29.1 Å². The zero-order valence-corrected chi connectivity index (χ0v) is 23.1. The topological polar surface area (TPSA) is 66.8 Å². The number of Topliss-reactive ketones (excluding diaryl/α,β-unsaturated/α-hetero) is 1. The summed E-state index contributed by atoms with van der Waals surface area (Å²) in [6.45, 7) is 20.0. The Kier molecular flexibility index (Phi) is 8.68. The van der Waals surface area contributed by atoms with Crippen LogP contribution in [0.2, 0.25) is 0 Å². The molecule has 8 atom stereocenters. The number of carbonyl (C=O) groups excluding carboxylic acids is 2. The summed E-state index contributed by atoms with van der Waals surface area (Å²) in [4.78, 5) is 28.9. The van der Waals surface area contributed by atoms with E-state index in [0.29, 0.717) is 24.4 Å². The molecule has 34 heavy (non-hydrogen) atoms. The van der Waals surface area contributed by atoms with Crippen molar-refractivity contribution in [2.24, 2.45) is 34.0 Å².